The first kappa shape index (κ1) is 17.0. The van der Waals surface area contributed by atoms with Gasteiger partial charge in [-0.15, -0.1) is 12.4 Å². The maximum absolute atomic E-state index is 11.7. The van der Waals surface area contributed by atoms with Crippen LogP contribution in [0, 0.1) is 5.92 Å². The minimum Gasteiger partial charge on any atom is -0.353 e. The van der Waals surface area contributed by atoms with Crippen molar-refractivity contribution in [3.63, 3.8) is 0 Å². The maximum atomic E-state index is 11.7. The zero-order valence-electron chi connectivity index (χ0n) is 12.1. The van der Waals surface area contributed by atoms with E-state index in [0.29, 0.717) is 6.54 Å². The highest BCUT2D eigenvalue weighted by atomic mass is 35.5. The molecule has 1 aliphatic rings. The number of halogens is 1. The Kier molecular flexibility index (Phi) is 7.63. The van der Waals surface area contributed by atoms with E-state index in [2.05, 4.69) is 41.8 Å². The lowest BCUT2D eigenvalue weighted by molar-refractivity contribution is -0.120. The predicted molar refractivity (Wildman–Crippen MR) is 85.2 cm³/mol. The Labute approximate surface area is 127 Å². The number of amides is 1. The second-order valence-electron chi connectivity index (χ2n) is 5.57. The minimum atomic E-state index is 0. The van der Waals surface area contributed by atoms with E-state index in [1.54, 1.807) is 0 Å². The topological polar surface area (TPSA) is 41.1 Å². The average molecular weight is 297 g/mol. The van der Waals surface area contributed by atoms with Crippen molar-refractivity contribution in [2.24, 2.45) is 5.92 Å². The van der Waals surface area contributed by atoms with Gasteiger partial charge in [-0.1, -0.05) is 30.3 Å². The third-order valence-corrected chi connectivity index (χ3v) is 3.53. The van der Waals surface area contributed by atoms with Gasteiger partial charge in [0, 0.05) is 6.04 Å². The van der Waals surface area contributed by atoms with E-state index in [1.807, 2.05) is 6.07 Å². The van der Waals surface area contributed by atoms with E-state index >= 15 is 0 Å². The normalized spacial score (nSPS) is 15.2. The highest BCUT2D eigenvalue weighted by Gasteiger charge is 2.20. The Morgan fingerprint density at radius 3 is 2.65 bits per heavy atom. The summed E-state index contributed by atoms with van der Waals surface area (Å²) in [5.74, 6) is 0.935. The number of carbonyl (C=O) groups excluding carboxylic acids is 1. The van der Waals surface area contributed by atoms with Gasteiger partial charge in [-0.25, -0.2) is 0 Å². The summed E-state index contributed by atoms with van der Waals surface area (Å²) in [6.07, 6.45) is 4.64. The van der Waals surface area contributed by atoms with Crippen molar-refractivity contribution in [3.05, 3.63) is 35.9 Å². The van der Waals surface area contributed by atoms with Crippen LogP contribution < -0.4 is 10.6 Å². The lowest BCUT2D eigenvalue weighted by Gasteiger charge is -2.14. The third-order valence-electron chi connectivity index (χ3n) is 3.53. The van der Waals surface area contributed by atoms with Crippen molar-refractivity contribution in [3.8, 4) is 0 Å². The lowest BCUT2D eigenvalue weighted by Crippen LogP contribution is -2.39. The zero-order chi connectivity index (χ0) is 13.5. The molecule has 2 rings (SSSR count). The summed E-state index contributed by atoms with van der Waals surface area (Å²) in [6, 6.07) is 10.6. The van der Waals surface area contributed by atoms with Gasteiger partial charge >= 0.3 is 0 Å². The van der Waals surface area contributed by atoms with Crippen LogP contribution in [-0.4, -0.2) is 25.0 Å². The van der Waals surface area contributed by atoms with E-state index in [1.165, 1.54) is 18.4 Å². The van der Waals surface area contributed by atoms with E-state index in [4.69, 9.17) is 0 Å². The van der Waals surface area contributed by atoms with Gasteiger partial charge in [-0.05, 0) is 50.6 Å². The molecule has 2 N–H and O–H groups in total. The molecule has 1 atom stereocenters. The summed E-state index contributed by atoms with van der Waals surface area (Å²) < 4.78 is 0. The fourth-order valence-corrected chi connectivity index (χ4v) is 2.14. The molecule has 0 radical (unpaired) electrons. The number of benzene rings is 1. The largest absolute Gasteiger partial charge is 0.353 e. The Bertz CT molecular complexity index is 393. The number of aryl methyl sites for hydroxylation is 1. The second kappa shape index (κ2) is 8.98. The molecule has 1 aromatic carbocycles. The number of rotatable bonds is 8. The predicted octanol–water partition coefficient (Wildman–Crippen LogP) is 2.55. The van der Waals surface area contributed by atoms with Gasteiger partial charge in [0.15, 0.2) is 0 Å². The number of hydrogen-bond acceptors (Lipinski definition) is 2. The van der Waals surface area contributed by atoms with Crippen molar-refractivity contribution in [1.82, 2.24) is 10.6 Å². The molecule has 0 spiro atoms. The van der Waals surface area contributed by atoms with Gasteiger partial charge in [0.05, 0.1) is 6.54 Å². The fourth-order valence-electron chi connectivity index (χ4n) is 2.14. The van der Waals surface area contributed by atoms with Crippen LogP contribution in [0.1, 0.15) is 31.7 Å². The quantitative estimate of drug-likeness (QED) is 0.774. The van der Waals surface area contributed by atoms with Gasteiger partial charge in [0.1, 0.15) is 0 Å². The smallest absolute Gasteiger partial charge is 0.234 e. The Balaban J connectivity index is 0.00000200. The average Bonchev–Trinajstić information content (AvgIpc) is 3.22. The van der Waals surface area contributed by atoms with Crippen molar-refractivity contribution >= 4 is 18.3 Å². The molecule has 0 bridgehead atoms. The summed E-state index contributed by atoms with van der Waals surface area (Å²) in [6.45, 7) is 3.51. The first-order chi connectivity index (χ1) is 9.24. The summed E-state index contributed by atoms with van der Waals surface area (Å²) in [7, 11) is 0. The minimum absolute atomic E-state index is 0. The summed E-state index contributed by atoms with van der Waals surface area (Å²) in [4.78, 5) is 11.7. The van der Waals surface area contributed by atoms with E-state index in [-0.39, 0.29) is 24.4 Å². The molecule has 1 unspecified atom stereocenters. The summed E-state index contributed by atoms with van der Waals surface area (Å²) in [5, 5.41) is 6.26. The van der Waals surface area contributed by atoms with E-state index < -0.39 is 0 Å². The van der Waals surface area contributed by atoms with E-state index in [9.17, 15) is 4.79 Å². The molecule has 4 heteroatoms. The summed E-state index contributed by atoms with van der Waals surface area (Å²) >= 11 is 0. The molecule has 0 aliphatic heterocycles. The SMILES string of the molecule is CC(CCc1ccccc1)NC(=O)CNCC1CC1.Cl. The van der Waals surface area contributed by atoms with E-state index in [0.717, 1.165) is 25.3 Å². The molecule has 1 aromatic rings. The van der Waals surface area contributed by atoms with Crippen LogP contribution in [0.5, 0.6) is 0 Å². The first-order valence-corrected chi connectivity index (χ1v) is 7.28. The Morgan fingerprint density at radius 1 is 1.30 bits per heavy atom. The molecule has 1 aliphatic carbocycles. The molecule has 20 heavy (non-hydrogen) atoms. The van der Waals surface area contributed by atoms with Crippen LogP contribution in [0.3, 0.4) is 0 Å². The third kappa shape index (κ3) is 6.92. The number of hydrogen-bond donors (Lipinski definition) is 2. The standard InChI is InChI=1S/C16H24N2O.ClH/c1-13(7-8-14-5-3-2-4-6-14)18-16(19)12-17-11-15-9-10-15;/h2-6,13,15,17H,7-12H2,1H3,(H,18,19);1H. The zero-order valence-corrected chi connectivity index (χ0v) is 12.9. The molecule has 1 amide bonds. The number of carbonyl (C=O) groups is 1. The van der Waals surface area contributed by atoms with Crippen molar-refractivity contribution in [2.75, 3.05) is 13.1 Å². The van der Waals surface area contributed by atoms with Gasteiger partial charge in [-0.3, -0.25) is 4.79 Å². The van der Waals surface area contributed by atoms with Crippen molar-refractivity contribution in [2.45, 2.75) is 38.6 Å². The van der Waals surface area contributed by atoms with Crippen molar-refractivity contribution < 1.29 is 4.79 Å². The molecule has 1 fully saturated rings. The van der Waals surface area contributed by atoms with Crippen LogP contribution in [-0.2, 0) is 11.2 Å². The van der Waals surface area contributed by atoms with Crippen LogP contribution in [0.4, 0.5) is 0 Å². The Hall–Kier alpha value is -1.06. The van der Waals surface area contributed by atoms with Crippen LogP contribution in [0.25, 0.3) is 0 Å². The van der Waals surface area contributed by atoms with Crippen molar-refractivity contribution in [1.29, 1.82) is 0 Å². The van der Waals surface area contributed by atoms with Crippen LogP contribution >= 0.6 is 12.4 Å². The molecule has 0 saturated heterocycles. The molecule has 112 valence electrons. The molecular formula is C16H25ClN2O. The summed E-state index contributed by atoms with van der Waals surface area (Å²) in [5.41, 5.74) is 1.33. The fraction of sp³-hybridized carbons (Fsp3) is 0.562. The molecule has 1 saturated carbocycles. The first-order valence-electron chi connectivity index (χ1n) is 7.28. The highest BCUT2D eigenvalue weighted by molar-refractivity contribution is 5.85. The van der Waals surface area contributed by atoms with Gasteiger partial charge in [0.25, 0.3) is 0 Å². The van der Waals surface area contributed by atoms with Gasteiger partial charge in [-0.2, -0.15) is 0 Å². The lowest BCUT2D eigenvalue weighted by atomic mass is 10.1. The van der Waals surface area contributed by atoms with Crippen LogP contribution in [0.15, 0.2) is 30.3 Å². The molecule has 0 heterocycles. The maximum Gasteiger partial charge on any atom is 0.234 e. The number of nitrogens with one attached hydrogen (secondary N) is 2. The Morgan fingerprint density at radius 2 is 2.00 bits per heavy atom. The molecular weight excluding hydrogens is 272 g/mol. The molecule has 3 nitrogen and oxygen atoms in total. The monoisotopic (exact) mass is 296 g/mol. The van der Waals surface area contributed by atoms with Gasteiger partial charge < -0.3 is 10.6 Å². The molecule has 0 aromatic heterocycles. The van der Waals surface area contributed by atoms with Gasteiger partial charge in [0.2, 0.25) is 5.91 Å². The second-order valence-corrected chi connectivity index (χ2v) is 5.57. The highest BCUT2D eigenvalue weighted by Crippen LogP contribution is 2.27. The van der Waals surface area contributed by atoms with Crippen LogP contribution in [0.2, 0.25) is 0 Å².